The Hall–Kier alpha value is -2.79. The topological polar surface area (TPSA) is 103 Å². The van der Waals surface area contributed by atoms with Gasteiger partial charge in [-0.1, -0.05) is 0 Å². The Bertz CT molecular complexity index is 1120. The van der Waals surface area contributed by atoms with Crippen molar-refractivity contribution < 1.29 is 13.9 Å². The highest BCUT2D eigenvalue weighted by Gasteiger charge is 2.47. The molecule has 0 spiro atoms. The zero-order valence-electron chi connectivity index (χ0n) is 21.8. The standard InChI is InChI=1S/C25H37FN8O2/c1-15-12-33(16(2)11-32(15)13-18-6-8-36-9-7-18)24(35)34-14-19-21(25(34,4)5)30-31-22(19)29-23-20(26)10-27-17(3)28-23/h10,15-16,18H,6-9,11-14H2,1-5H3,(H2,27,28,29,30,31)/t15-,16-/m1/s1. The average molecular weight is 501 g/mol. The number of ether oxygens (including phenoxy) is 1. The number of nitrogens with one attached hydrogen (secondary N) is 2. The van der Waals surface area contributed by atoms with Gasteiger partial charge in [-0.2, -0.15) is 5.10 Å². The molecule has 2 atom stereocenters. The fourth-order valence-corrected chi connectivity index (χ4v) is 5.72. The molecular weight excluding hydrogens is 463 g/mol. The Morgan fingerprint density at radius 1 is 1.22 bits per heavy atom. The summed E-state index contributed by atoms with van der Waals surface area (Å²) < 4.78 is 19.8. The van der Waals surface area contributed by atoms with E-state index in [9.17, 15) is 9.18 Å². The third kappa shape index (κ3) is 4.54. The zero-order chi connectivity index (χ0) is 25.6. The summed E-state index contributed by atoms with van der Waals surface area (Å²) >= 11 is 0. The molecule has 0 bridgehead atoms. The first-order valence-electron chi connectivity index (χ1n) is 12.9. The third-order valence-electron chi connectivity index (χ3n) is 8.00. The van der Waals surface area contributed by atoms with Gasteiger partial charge in [0.1, 0.15) is 5.82 Å². The van der Waals surface area contributed by atoms with Crippen LogP contribution in [0, 0.1) is 18.7 Å². The smallest absolute Gasteiger partial charge is 0.321 e. The lowest BCUT2D eigenvalue weighted by Crippen LogP contribution is -2.62. The number of halogens is 1. The number of fused-ring (bicyclic) bond motifs is 1. The molecule has 2 aromatic heterocycles. The molecule has 5 heterocycles. The molecule has 2 saturated heterocycles. The fraction of sp³-hybridized carbons (Fsp3) is 0.680. The van der Waals surface area contributed by atoms with Crippen molar-refractivity contribution in [2.45, 2.75) is 71.6 Å². The molecule has 0 saturated carbocycles. The Morgan fingerprint density at radius 3 is 2.72 bits per heavy atom. The molecule has 2 aromatic rings. The molecule has 11 heteroatoms. The van der Waals surface area contributed by atoms with Crippen LogP contribution in [0.5, 0.6) is 0 Å². The van der Waals surface area contributed by atoms with Gasteiger partial charge in [0.05, 0.1) is 24.0 Å². The summed E-state index contributed by atoms with van der Waals surface area (Å²) in [7, 11) is 0. The monoisotopic (exact) mass is 500 g/mol. The van der Waals surface area contributed by atoms with Gasteiger partial charge in [0.2, 0.25) is 0 Å². The van der Waals surface area contributed by atoms with Crippen LogP contribution >= 0.6 is 0 Å². The van der Waals surface area contributed by atoms with Gasteiger partial charge in [0.25, 0.3) is 0 Å². The van der Waals surface area contributed by atoms with E-state index in [0.717, 1.165) is 56.6 Å². The second-order valence-electron chi connectivity index (χ2n) is 11.0. The SMILES string of the molecule is Cc1ncc(F)c(Nc2n[nH]c3c2CN(C(=O)N2C[C@@H](C)N(CC4CCOCC4)C[C@H]2C)C3(C)C)n1. The first kappa shape index (κ1) is 24.9. The lowest BCUT2D eigenvalue weighted by molar-refractivity contribution is 0.00882. The molecule has 0 aliphatic carbocycles. The molecule has 3 aliphatic rings. The molecule has 2 N–H and O–H groups in total. The minimum Gasteiger partial charge on any atom is -0.381 e. The lowest BCUT2D eigenvalue weighted by atomic mass is 9.97. The molecule has 0 aromatic carbocycles. The molecule has 36 heavy (non-hydrogen) atoms. The number of H-pyrrole nitrogens is 1. The third-order valence-corrected chi connectivity index (χ3v) is 8.00. The first-order valence-corrected chi connectivity index (χ1v) is 12.9. The Kier molecular flexibility index (Phi) is 6.63. The number of nitrogens with zero attached hydrogens (tertiary/aromatic N) is 6. The van der Waals surface area contributed by atoms with Crippen LogP contribution in [0.2, 0.25) is 0 Å². The molecule has 0 radical (unpaired) electrons. The number of rotatable bonds is 4. The largest absolute Gasteiger partial charge is 0.381 e. The van der Waals surface area contributed by atoms with Gasteiger partial charge in [-0.25, -0.2) is 19.2 Å². The number of amides is 2. The van der Waals surface area contributed by atoms with Gasteiger partial charge < -0.3 is 19.9 Å². The van der Waals surface area contributed by atoms with Crippen LogP contribution in [-0.2, 0) is 16.8 Å². The number of carbonyl (C=O) groups is 1. The summed E-state index contributed by atoms with van der Waals surface area (Å²) in [6, 6.07) is 0.418. The van der Waals surface area contributed by atoms with E-state index in [1.54, 1.807) is 6.92 Å². The van der Waals surface area contributed by atoms with Crippen molar-refractivity contribution in [1.29, 1.82) is 0 Å². The van der Waals surface area contributed by atoms with Crippen molar-refractivity contribution in [2.24, 2.45) is 5.92 Å². The Labute approximate surface area is 211 Å². The quantitative estimate of drug-likeness (QED) is 0.663. The predicted molar refractivity (Wildman–Crippen MR) is 133 cm³/mol. The number of urea groups is 1. The van der Waals surface area contributed by atoms with Gasteiger partial charge in [0.15, 0.2) is 17.5 Å². The summed E-state index contributed by atoms with van der Waals surface area (Å²) in [6.45, 7) is 14.8. The number of piperazine rings is 1. The Morgan fingerprint density at radius 2 is 1.97 bits per heavy atom. The number of aryl methyl sites for hydroxylation is 1. The van der Waals surface area contributed by atoms with Crippen molar-refractivity contribution >= 4 is 17.7 Å². The van der Waals surface area contributed by atoms with Gasteiger partial charge in [0, 0.05) is 50.5 Å². The van der Waals surface area contributed by atoms with Crippen LogP contribution in [0.15, 0.2) is 6.20 Å². The van der Waals surface area contributed by atoms with E-state index in [-0.39, 0.29) is 17.9 Å². The number of aromatic amines is 1. The molecule has 196 valence electrons. The second-order valence-corrected chi connectivity index (χ2v) is 11.0. The van der Waals surface area contributed by atoms with Crippen LogP contribution in [-0.4, -0.2) is 85.8 Å². The van der Waals surface area contributed by atoms with Crippen molar-refractivity contribution in [3.8, 4) is 0 Å². The van der Waals surface area contributed by atoms with Gasteiger partial charge in [-0.15, -0.1) is 0 Å². The number of hydrogen-bond donors (Lipinski definition) is 2. The summed E-state index contributed by atoms with van der Waals surface area (Å²) in [5.74, 6) is 1.13. The van der Waals surface area contributed by atoms with Crippen LogP contribution < -0.4 is 5.32 Å². The molecule has 2 fully saturated rings. The summed E-state index contributed by atoms with van der Waals surface area (Å²) in [6.07, 6.45) is 3.37. The van der Waals surface area contributed by atoms with Crippen molar-refractivity contribution in [3.05, 3.63) is 29.1 Å². The van der Waals surface area contributed by atoms with Crippen LogP contribution in [0.3, 0.4) is 0 Å². The van der Waals surface area contributed by atoms with Gasteiger partial charge >= 0.3 is 6.03 Å². The van der Waals surface area contributed by atoms with E-state index in [1.807, 2.05) is 23.6 Å². The number of anilines is 2. The van der Waals surface area contributed by atoms with Gasteiger partial charge in [-0.05, 0) is 53.4 Å². The molecule has 0 unspecified atom stereocenters. The second kappa shape index (κ2) is 9.59. The maximum atomic E-state index is 14.3. The van der Waals surface area contributed by atoms with E-state index < -0.39 is 11.4 Å². The number of hydrogen-bond acceptors (Lipinski definition) is 7. The lowest BCUT2D eigenvalue weighted by Gasteiger charge is -2.47. The van der Waals surface area contributed by atoms with Crippen LogP contribution in [0.25, 0.3) is 0 Å². The molecule has 5 rings (SSSR count). The minimum atomic E-state index is -0.582. The van der Waals surface area contributed by atoms with E-state index in [4.69, 9.17) is 4.74 Å². The van der Waals surface area contributed by atoms with E-state index in [2.05, 4.69) is 44.2 Å². The summed E-state index contributed by atoms with van der Waals surface area (Å²) in [5, 5.41) is 10.4. The van der Waals surface area contributed by atoms with Gasteiger partial charge in [-0.3, -0.25) is 10.00 Å². The molecule has 2 amide bonds. The van der Waals surface area contributed by atoms with E-state index >= 15 is 0 Å². The van der Waals surface area contributed by atoms with Crippen molar-refractivity contribution in [2.75, 3.05) is 38.2 Å². The summed E-state index contributed by atoms with van der Waals surface area (Å²) in [5.41, 5.74) is 1.12. The maximum Gasteiger partial charge on any atom is 0.321 e. The highest BCUT2D eigenvalue weighted by atomic mass is 19.1. The summed E-state index contributed by atoms with van der Waals surface area (Å²) in [4.78, 5) is 28.3. The zero-order valence-corrected chi connectivity index (χ0v) is 21.8. The predicted octanol–water partition coefficient (Wildman–Crippen LogP) is 3.38. The highest BCUT2D eigenvalue weighted by Crippen LogP contribution is 2.42. The number of aromatic nitrogens is 4. The first-order chi connectivity index (χ1) is 17.1. The van der Waals surface area contributed by atoms with Crippen molar-refractivity contribution in [3.63, 3.8) is 0 Å². The van der Waals surface area contributed by atoms with E-state index in [1.165, 1.54) is 0 Å². The molecular formula is C25H37FN8O2. The number of carbonyl (C=O) groups excluding carboxylic acids is 1. The van der Waals surface area contributed by atoms with E-state index in [0.29, 0.717) is 36.7 Å². The highest BCUT2D eigenvalue weighted by molar-refractivity contribution is 5.78. The van der Waals surface area contributed by atoms with Crippen LogP contribution in [0.4, 0.5) is 20.8 Å². The minimum absolute atomic E-state index is 0.0182. The van der Waals surface area contributed by atoms with Crippen molar-refractivity contribution in [1.82, 2.24) is 34.9 Å². The maximum absolute atomic E-state index is 14.3. The average Bonchev–Trinajstić information content (AvgIpc) is 3.36. The molecule has 3 aliphatic heterocycles. The van der Waals surface area contributed by atoms with Crippen LogP contribution in [0.1, 0.15) is 57.6 Å². The normalized spacial score (nSPS) is 24.7. The molecule has 10 nitrogen and oxygen atoms in total. The fourth-order valence-electron chi connectivity index (χ4n) is 5.72. The Balaban J connectivity index is 1.29.